The van der Waals surface area contributed by atoms with Crippen LogP contribution in [0.2, 0.25) is 0 Å². The summed E-state index contributed by atoms with van der Waals surface area (Å²) in [5, 5.41) is 57.3. The van der Waals surface area contributed by atoms with Crippen LogP contribution in [0.15, 0.2) is 24.3 Å². The molecule has 0 aromatic rings. The summed E-state index contributed by atoms with van der Waals surface area (Å²) in [6.45, 7) is 5.85. The van der Waals surface area contributed by atoms with Crippen molar-refractivity contribution in [3.63, 3.8) is 0 Å². The Bertz CT molecular complexity index is 1460. The van der Waals surface area contributed by atoms with Crippen LogP contribution >= 0.6 is 0 Å². The summed E-state index contributed by atoms with van der Waals surface area (Å²) >= 11 is 0. The molecule has 6 N–H and O–H groups in total. The van der Waals surface area contributed by atoms with Gasteiger partial charge in [-0.2, -0.15) is 0 Å². The molecule has 11 heteroatoms. The highest BCUT2D eigenvalue weighted by molar-refractivity contribution is 5.80. The van der Waals surface area contributed by atoms with E-state index < -0.39 is 67.4 Å². The van der Waals surface area contributed by atoms with Crippen molar-refractivity contribution in [3.05, 3.63) is 24.3 Å². The van der Waals surface area contributed by atoms with Crippen molar-refractivity contribution in [2.24, 2.45) is 0 Å². The Morgan fingerprint density at radius 3 is 1.15 bits per heavy atom. The number of unbranched alkanes of at least 4 members (excludes halogenated alkanes) is 48. The third-order valence-electron chi connectivity index (χ3n) is 17.6. The highest BCUT2D eigenvalue weighted by atomic mass is 16.7. The summed E-state index contributed by atoms with van der Waals surface area (Å²) in [6.07, 6.45) is 63.7. The average molecular weight is 1190 g/mol. The van der Waals surface area contributed by atoms with E-state index in [0.717, 1.165) is 57.8 Å². The first-order chi connectivity index (χ1) is 41.2. The quantitative estimate of drug-likeness (QED) is 0.0195. The van der Waals surface area contributed by atoms with Gasteiger partial charge in [-0.25, -0.2) is 0 Å². The minimum atomic E-state index is -1.61. The molecule has 0 aromatic heterocycles. The maximum atomic E-state index is 13.5. The number of esters is 1. The van der Waals surface area contributed by atoms with E-state index in [-0.39, 0.29) is 13.0 Å². The number of hydrogen-bond acceptors (Lipinski definition) is 10. The molecule has 1 aliphatic heterocycles. The van der Waals surface area contributed by atoms with Crippen LogP contribution in [0.1, 0.15) is 367 Å². The molecule has 0 bridgehead atoms. The predicted molar refractivity (Wildman–Crippen MR) is 352 cm³/mol. The molecule has 1 rings (SSSR count). The van der Waals surface area contributed by atoms with Crippen LogP contribution in [0.4, 0.5) is 0 Å². The summed E-state index contributed by atoms with van der Waals surface area (Å²) in [5.74, 6) is -1.18. The van der Waals surface area contributed by atoms with E-state index in [1.54, 1.807) is 6.08 Å². The van der Waals surface area contributed by atoms with Crippen molar-refractivity contribution in [1.29, 1.82) is 0 Å². The number of rotatable bonds is 64. The van der Waals surface area contributed by atoms with Crippen LogP contribution < -0.4 is 5.32 Å². The van der Waals surface area contributed by atoms with Crippen molar-refractivity contribution < 1.29 is 49.3 Å². The average Bonchev–Trinajstić information content (AvgIpc) is 3.69. The highest BCUT2D eigenvalue weighted by Gasteiger charge is 2.47. The van der Waals surface area contributed by atoms with Crippen molar-refractivity contribution in [2.45, 2.75) is 416 Å². The van der Waals surface area contributed by atoms with Crippen LogP contribution in [-0.2, 0) is 23.8 Å². The number of carbonyl (C=O) groups is 2. The van der Waals surface area contributed by atoms with E-state index in [2.05, 4.69) is 38.2 Å². The zero-order chi connectivity index (χ0) is 61.0. The molecule has 1 heterocycles. The molecule has 1 amide bonds. The van der Waals surface area contributed by atoms with Crippen LogP contribution in [0.3, 0.4) is 0 Å². The van der Waals surface area contributed by atoms with Gasteiger partial charge in [0.2, 0.25) is 5.91 Å². The molecule has 11 nitrogen and oxygen atoms in total. The molecule has 1 fully saturated rings. The lowest BCUT2D eigenvalue weighted by Crippen LogP contribution is -2.61. The van der Waals surface area contributed by atoms with Crippen LogP contribution in [0, 0.1) is 0 Å². The summed E-state index contributed by atoms with van der Waals surface area (Å²) in [5.41, 5.74) is 0. The topological polar surface area (TPSA) is 175 Å². The number of allylic oxidation sites excluding steroid dienone is 3. The maximum Gasteiger partial charge on any atom is 0.306 e. The number of aliphatic hydroxyl groups excluding tert-OH is 5. The fourth-order valence-electron chi connectivity index (χ4n) is 11.8. The molecule has 496 valence electrons. The van der Waals surface area contributed by atoms with Gasteiger partial charge in [-0.3, -0.25) is 9.59 Å². The molecular formula is C73H139NO10. The zero-order valence-electron chi connectivity index (χ0n) is 55.3. The lowest BCUT2D eigenvalue weighted by atomic mass is 9.99. The van der Waals surface area contributed by atoms with Gasteiger partial charge in [0, 0.05) is 6.42 Å². The van der Waals surface area contributed by atoms with Gasteiger partial charge in [-0.1, -0.05) is 334 Å². The third kappa shape index (κ3) is 48.1. The first-order valence-corrected chi connectivity index (χ1v) is 36.6. The molecule has 1 saturated heterocycles. The van der Waals surface area contributed by atoms with Crippen molar-refractivity contribution >= 4 is 11.9 Å². The Labute approximate surface area is 518 Å². The van der Waals surface area contributed by atoms with E-state index in [0.29, 0.717) is 19.3 Å². The van der Waals surface area contributed by atoms with E-state index in [1.165, 1.54) is 263 Å². The molecule has 0 saturated carbocycles. The van der Waals surface area contributed by atoms with Gasteiger partial charge in [0.15, 0.2) is 12.4 Å². The van der Waals surface area contributed by atoms with Gasteiger partial charge in [0.25, 0.3) is 0 Å². The number of amides is 1. The lowest BCUT2D eigenvalue weighted by molar-refractivity contribution is -0.305. The third-order valence-corrected chi connectivity index (χ3v) is 17.6. The molecule has 0 aliphatic carbocycles. The van der Waals surface area contributed by atoms with E-state index in [9.17, 15) is 35.1 Å². The van der Waals surface area contributed by atoms with Crippen molar-refractivity contribution in [2.75, 3.05) is 13.2 Å². The summed E-state index contributed by atoms with van der Waals surface area (Å²) in [6, 6.07) is -1.02. The standard InChI is InChI=1S/C73H139NO10/c1-4-7-10-13-16-19-22-25-27-29-31-32-33-34-35-37-38-40-42-45-48-51-54-57-60-66(77)72(81)74-64(65(76)59-56-53-50-47-44-24-21-18-15-12-9-6-3)63-82-73-71(70(80)69(79)67(62-75)83-73)84-68(78)61-58-55-52-49-46-43-41-39-36-30-28-26-23-20-17-14-11-8-5-2/h26,28,56,59,64-67,69-71,73,75-77,79-80H,4-25,27,29-55,57-58,60-63H2,1-3H3,(H,74,81)/b28-26+,59-56+. The first-order valence-electron chi connectivity index (χ1n) is 36.6. The van der Waals surface area contributed by atoms with Gasteiger partial charge in [0.05, 0.1) is 25.4 Å². The second kappa shape index (κ2) is 61.4. The van der Waals surface area contributed by atoms with Gasteiger partial charge < -0.3 is 45.1 Å². The normalized spacial score (nSPS) is 18.5. The number of ether oxygens (including phenoxy) is 3. The number of nitrogens with one attached hydrogen (secondary N) is 1. The lowest BCUT2D eigenvalue weighted by Gasteiger charge is -2.41. The number of carbonyl (C=O) groups excluding carboxylic acids is 2. The van der Waals surface area contributed by atoms with Crippen LogP contribution in [0.5, 0.6) is 0 Å². The Morgan fingerprint density at radius 1 is 0.452 bits per heavy atom. The summed E-state index contributed by atoms with van der Waals surface area (Å²) < 4.78 is 17.7. The predicted octanol–water partition coefficient (Wildman–Crippen LogP) is 18.8. The number of hydrogen-bond donors (Lipinski definition) is 6. The summed E-state index contributed by atoms with van der Waals surface area (Å²) in [7, 11) is 0. The first kappa shape index (κ1) is 80.2. The monoisotopic (exact) mass is 1190 g/mol. The molecular weight excluding hydrogens is 1050 g/mol. The molecule has 0 radical (unpaired) electrons. The SMILES string of the molecule is CCCCCCCC/C=C/CCCCCCCCCCCC(=O)OC1C(OCC(NC(=O)C(O)CCCCCCCCCCCCCCCCCCCCCCCCCC)C(O)/C=C/CCCCCCCCCCCC)OC(CO)C(O)C1O. The maximum absolute atomic E-state index is 13.5. The highest BCUT2D eigenvalue weighted by Crippen LogP contribution is 2.27. The Balaban J connectivity index is 2.54. The Kier molecular flexibility index (Phi) is 58.6. The zero-order valence-corrected chi connectivity index (χ0v) is 55.3. The molecule has 0 spiro atoms. The fourth-order valence-corrected chi connectivity index (χ4v) is 11.8. The fraction of sp³-hybridized carbons (Fsp3) is 0.918. The van der Waals surface area contributed by atoms with Crippen molar-refractivity contribution in [3.8, 4) is 0 Å². The molecule has 84 heavy (non-hydrogen) atoms. The van der Waals surface area contributed by atoms with Crippen molar-refractivity contribution in [1.82, 2.24) is 5.32 Å². The molecule has 0 aromatic carbocycles. The van der Waals surface area contributed by atoms with Crippen LogP contribution in [-0.4, -0.2) is 99.6 Å². The van der Waals surface area contributed by atoms with E-state index in [1.807, 2.05) is 6.08 Å². The largest absolute Gasteiger partial charge is 0.454 e. The number of aliphatic hydroxyl groups is 5. The smallest absolute Gasteiger partial charge is 0.306 e. The molecule has 8 unspecified atom stereocenters. The molecule has 1 aliphatic rings. The second-order valence-corrected chi connectivity index (χ2v) is 25.7. The Morgan fingerprint density at radius 2 is 0.786 bits per heavy atom. The van der Waals surface area contributed by atoms with Gasteiger partial charge >= 0.3 is 5.97 Å². The van der Waals surface area contributed by atoms with Gasteiger partial charge in [-0.05, 0) is 51.4 Å². The van der Waals surface area contributed by atoms with Gasteiger partial charge in [0.1, 0.15) is 24.4 Å². The summed E-state index contributed by atoms with van der Waals surface area (Å²) in [4.78, 5) is 26.7. The Hall–Kier alpha value is -1.86. The van der Waals surface area contributed by atoms with E-state index >= 15 is 0 Å². The van der Waals surface area contributed by atoms with Crippen LogP contribution in [0.25, 0.3) is 0 Å². The second-order valence-electron chi connectivity index (χ2n) is 25.7. The van der Waals surface area contributed by atoms with E-state index in [4.69, 9.17) is 14.2 Å². The minimum Gasteiger partial charge on any atom is -0.454 e. The van der Waals surface area contributed by atoms with Gasteiger partial charge in [-0.15, -0.1) is 0 Å². The molecule has 8 atom stereocenters. The minimum absolute atomic E-state index is 0.126.